The summed E-state index contributed by atoms with van der Waals surface area (Å²) in [4.78, 5) is 49.5. The lowest BCUT2D eigenvalue weighted by Crippen LogP contribution is -2.44. The minimum absolute atomic E-state index is 0.0325. The predicted molar refractivity (Wildman–Crippen MR) is 155 cm³/mol. The quantitative estimate of drug-likeness (QED) is 0.359. The fraction of sp³-hybridized carbons (Fsp3) is 0.886. The Hall–Kier alpha value is -1.40. The first-order valence-corrected chi connectivity index (χ1v) is 17.1. The van der Waals surface area contributed by atoms with Crippen LogP contribution in [-0.2, 0) is 28.7 Å². The van der Waals surface area contributed by atoms with Crippen LogP contribution in [0.2, 0.25) is 0 Å². The van der Waals surface area contributed by atoms with Gasteiger partial charge in [-0.15, -0.1) is 0 Å². The van der Waals surface area contributed by atoms with Crippen molar-refractivity contribution in [2.24, 2.45) is 40.9 Å². The molecule has 0 radical (unpaired) electrons. The molecule has 0 heterocycles. The standard InChI is InChI=1S/C35H52O6/c1-35(2,21-3-7-23(8-4-21)40-25-11-13-27-29(19-25)33(38)17-15-31(27)36)22-5-9-24(10-6-22)41-26-12-14-28-30(20-26)34(39)18-16-32(28)37/h21-30H,3-20H2,1-2H3. The molecule has 0 aromatic rings. The van der Waals surface area contributed by atoms with Gasteiger partial charge in [0.1, 0.15) is 23.1 Å². The maximum atomic E-state index is 12.5. The van der Waals surface area contributed by atoms with Crippen molar-refractivity contribution in [3.05, 3.63) is 0 Å². The number of Topliss-reactive ketones (excluding diaryl/α,β-unsaturated/α-hetero) is 4. The van der Waals surface area contributed by atoms with Gasteiger partial charge in [-0.3, -0.25) is 19.2 Å². The molecule has 41 heavy (non-hydrogen) atoms. The number of ketones is 4. The average Bonchev–Trinajstić information content (AvgIpc) is 2.98. The molecule has 0 spiro atoms. The van der Waals surface area contributed by atoms with Gasteiger partial charge in [0.05, 0.1) is 24.4 Å². The van der Waals surface area contributed by atoms with E-state index < -0.39 is 0 Å². The lowest BCUT2D eigenvalue weighted by Gasteiger charge is -2.47. The topological polar surface area (TPSA) is 86.7 Å². The van der Waals surface area contributed by atoms with Crippen molar-refractivity contribution >= 4 is 23.1 Å². The highest BCUT2D eigenvalue weighted by Gasteiger charge is 2.45. The van der Waals surface area contributed by atoms with Crippen molar-refractivity contribution in [1.82, 2.24) is 0 Å². The second-order valence-electron chi connectivity index (χ2n) is 15.2. The summed E-state index contributed by atoms with van der Waals surface area (Å²) in [5.41, 5.74) is 0.301. The number of fused-ring (bicyclic) bond motifs is 2. The van der Waals surface area contributed by atoms with Crippen LogP contribution < -0.4 is 0 Å². The summed E-state index contributed by atoms with van der Waals surface area (Å²) in [5.74, 6) is 2.37. The van der Waals surface area contributed by atoms with Crippen LogP contribution in [0.15, 0.2) is 0 Å². The summed E-state index contributed by atoms with van der Waals surface area (Å²) in [5, 5.41) is 0. The van der Waals surface area contributed by atoms with E-state index in [1.165, 1.54) is 25.7 Å². The largest absolute Gasteiger partial charge is 0.375 e. The maximum absolute atomic E-state index is 12.5. The molecule has 0 N–H and O–H groups in total. The normalized spacial score (nSPS) is 42.5. The summed E-state index contributed by atoms with van der Waals surface area (Å²) >= 11 is 0. The highest BCUT2D eigenvalue weighted by Crippen LogP contribution is 2.50. The Morgan fingerprint density at radius 3 is 1.12 bits per heavy atom. The molecule has 6 aliphatic carbocycles. The Bertz CT molecular complexity index is 922. The van der Waals surface area contributed by atoms with Crippen LogP contribution in [0.5, 0.6) is 0 Å². The van der Waals surface area contributed by atoms with Gasteiger partial charge in [0, 0.05) is 49.4 Å². The van der Waals surface area contributed by atoms with E-state index in [9.17, 15) is 19.2 Å². The highest BCUT2D eigenvalue weighted by atomic mass is 16.5. The van der Waals surface area contributed by atoms with Gasteiger partial charge < -0.3 is 9.47 Å². The first kappa shape index (κ1) is 29.7. The van der Waals surface area contributed by atoms with E-state index in [0.29, 0.717) is 66.7 Å². The fourth-order valence-electron chi connectivity index (χ4n) is 9.99. The number of carbonyl (C=O) groups excluding carboxylic acids is 4. The molecule has 6 saturated carbocycles. The third-order valence-electron chi connectivity index (χ3n) is 12.7. The Balaban J connectivity index is 0.930. The van der Waals surface area contributed by atoms with E-state index in [1.54, 1.807) is 0 Å². The molecule has 6 aliphatic rings. The van der Waals surface area contributed by atoms with E-state index in [0.717, 1.165) is 64.2 Å². The zero-order chi connectivity index (χ0) is 28.7. The van der Waals surface area contributed by atoms with E-state index >= 15 is 0 Å². The molecule has 228 valence electrons. The Morgan fingerprint density at radius 2 is 0.756 bits per heavy atom. The van der Waals surface area contributed by atoms with E-state index in [4.69, 9.17) is 9.47 Å². The number of rotatable bonds is 6. The molecule has 0 aliphatic heterocycles. The molecule has 6 atom stereocenters. The van der Waals surface area contributed by atoms with Gasteiger partial charge in [-0.1, -0.05) is 13.8 Å². The van der Waals surface area contributed by atoms with E-state index in [2.05, 4.69) is 13.8 Å². The third kappa shape index (κ3) is 6.30. The first-order chi connectivity index (χ1) is 19.7. The third-order valence-corrected chi connectivity index (χ3v) is 12.7. The van der Waals surface area contributed by atoms with Crippen LogP contribution in [0.3, 0.4) is 0 Å². The molecule has 6 heteroatoms. The summed E-state index contributed by atoms with van der Waals surface area (Å²) in [6, 6.07) is 0. The van der Waals surface area contributed by atoms with Crippen LogP contribution in [-0.4, -0.2) is 47.5 Å². The second-order valence-corrected chi connectivity index (χ2v) is 15.2. The monoisotopic (exact) mass is 568 g/mol. The Labute approximate surface area is 246 Å². The number of hydrogen-bond acceptors (Lipinski definition) is 6. The molecule has 0 bridgehead atoms. The molecule has 6 unspecified atom stereocenters. The summed E-state index contributed by atoms with van der Waals surface area (Å²) in [6.45, 7) is 4.98. The minimum Gasteiger partial charge on any atom is -0.375 e. The van der Waals surface area contributed by atoms with Crippen LogP contribution in [0.25, 0.3) is 0 Å². The van der Waals surface area contributed by atoms with Crippen molar-refractivity contribution in [3.63, 3.8) is 0 Å². The lowest BCUT2D eigenvalue weighted by molar-refractivity contribution is -0.145. The molecule has 6 fully saturated rings. The molecule has 0 aromatic carbocycles. The summed E-state index contributed by atoms with van der Waals surface area (Å²) in [6.07, 6.45) is 16.9. The van der Waals surface area contributed by atoms with Gasteiger partial charge in [-0.05, 0) is 107 Å². The zero-order valence-electron chi connectivity index (χ0n) is 25.5. The number of hydrogen-bond donors (Lipinski definition) is 0. The SMILES string of the molecule is CC(C)(C1CCC(OC2CCC3C(=O)CCC(=O)C3C2)CC1)C1CCC(OC2CCC3C(=O)CCC(=O)C3C2)CC1. The van der Waals surface area contributed by atoms with Gasteiger partial charge in [-0.25, -0.2) is 0 Å². The van der Waals surface area contributed by atoms with Gasteiger partial charge in [-0.2, -0.15) is 0 Å². The average molecular weight is 569 g/mol. The van der Waals surface area contributed by atoms with E-state index in [-0.39, 0.29) is 47.4 Å². The molecule has 6 nitrogen and oxygen atoms in total. The molecule has 6 rings (SSSR count). The van der Waals surface area contributed by atoms with Crippen molar-refractivity contribution in [2.45, 2.75) is 154 Å². The van der Waals surface area contributed by atoms with Gasteiger partial charge in [0.2, 0.25) is 0 Å². The second kappa shape index (κ2) is 12.3. The molecule has 0 amide bonds. The van der Waals surface area contributed by atoms with Crippen molar-refractivity contribution in [2.75, 3.05) is 0 Å². The Morgan fingerprint density at radius 1 is 0.439 bits per heavy atom. The predicted octanol–water partition coefficient (Wildman–Crippen LogP) is 6.60. The molecule has 0 aromatic heterocycles. The molecular weight excluding hydrogens is 516 g/mol. The minimum atomic E-state index is -0.0849. The summed E-state index contributed by atoms with van der Waals surface area (Å²) < 4.78 is 13.2. The van der Waals surface area contributed by atoms with Crippen LogP contribution in [0, 0.1) is 40.9 Å². The maximum Gasteiger partial charge on any atom is 0.137 e. The smallest absolute Gasteiger partial charge is 0.137 e. The van der Waals surface area contributed by atoms with Crippen LogP contribution in [0.4, 0.5) is 0 Å². The van der Waals surface area contributed by atoms with Gasteiger partial charge >= 0.3 is 0 Å². The van der Waals surface area contributed by atoms with E-state index in [1.807, 2.05) is 0 Å². The summed E-state index contributed by atoms with van der Waals surface area (Å²) in [7, 11) is 0. The number of carbonyl (C=O) groups is 4. The number of ether oxygens (including phenoxy) is 2. The highest BCUT2D eigenvalue weighted by molar-refractivity contribution is 5.97. The van der Waals surface area contributed by atoms with Crippen LogP contribution >= 0.6 is 0 Å². The first-order valence-electron chi connectivity index (χ1n) is 17.1. The molecule has 0 saturated heterocycles. The lowest BCUT2D eigenvalue weighted by atomic mass is 9.60. The fourth-order valence-corrected chi connectivity index (χ4v) is 9.99. The Kier molecular flexibility index (Phi) is 8.90. The van der Waals surface area contributed by atoms with Crippen molar-refractivity contribution in [3.8, 4) is 0 Å². The van der Waals surface area contributed by atoms with Crippen LogP contribution in [0.1, 0.15) is 129 Å². The van der Waals surface area contributed by atoms with Gasteiger partial charge in [0.15, 0.2) is 0 Å². The van der Waals surface area contributed by atoms with Gasteiger partial charge in [0.25, 0.3) is 0 Å². The van der Waals surface area contributed by atoms with Crippen molar-refractivity contribution < 1.29 is 28.7 Å². The molecular formula is C35H52O6. The zero-order valence-corrected chi connectivity index (χ0v) is 25.5. The van der Waals surface area contributed by atoms with Crippen molar-refractivity contribution in [1.29, 1.82) is 0 Å².